The maximum absolute atomic E-state index is 12.9. The summed E-state index contributed by atoms with van der Waals surface area (Å²) in [6.07, 6.45) is 3.02. The van der Waals surface area contributed by atoms with Crippen molar-refractivity contribution in [3.8, 4) is 0 Å². The fourth-order valence-electron chi connectivity index (χ4n) is 2.83. The third-order valence-corrected chi connectivity index (χ3v) is 5.28. The minimum Gasteiger partial charge on any atom is -0.463 e. The number of carbonyl (C=O) groups is 2. The van der Waals surface area contributed by atoms with Crippen molar-refractivity contribution in [3.05, 3.63) is 55.4 Å². The van der Waals surface area contributed by atoms with Crippen molar-refractivity contribution < 1.29 is 19.1 Å². The molecule has 1 aliphatic rings. The molecule has 3 rings (SSSR count). The number of rotatable bonds is 5. The summed E-state index contributed by atoms with van der Waals surface area (Å²) >= 11 is 1.17. The maximum atomic E-state index is 12.9. The number of carbonyl (C=O) groups excluding carboxylic acids is 2. The lowest BCUT2D eigenvalue weighted by atomic mass is 10.2. The zero-order valence-electron chi connectivity index (χ0n) is 15.6. The Balaban J connectivity index is 2.01. The standard InChI is InChI=1S/C20H22N2O5S/c1-2-27-19(24)13-18-22(14-17(23)21-8-10-26-11-9-21)20(25)16(28-18)12-15-6-4-3-5-7-15/h3-7,12-13H,2,8-11,14H2,1H3/b16-12-,18-13-. The molecule has 28 heavy (non-hydrogen) atoms. The smallest absolute Gasteiger partial charge is 0.333 e. The molecule has 0 bridgehead atoms. The van der Waals surface area contributed by atoms with E-state index in [1.807, 2.05) is 30.3 Å². The molecule has 0 N–H and O–H groups in total. The van der Waals surface area contributed by atoms with Gasteiger partial charge in [0, 0.05) is 13.1 Å². The minimum atomic E-state index is -0.539. The van der Waals surface area contributed by atoms with Gasteiger partial charge in [0.15, 0.2) is 0 Å². The topological polar surface area (TPSA) is 77.8 Å². The minimum absolute atomic E-state index is 0.122. The first-order valence-corrected chi connectivity index (χ1v) is 9.90. The molecular formula is C20H22N2O5S. The Morgan fingerprint density at radius 3 is 2.61 bits per heavy atom. The number of aromatic nitrogens is 1. The first kappa shape index (κ1) is 20.0. The highest BCUT2D eigenvalue weighted by molar-refractivity contribution is 7.07. The lowest BCUT2D eigenvalue weighted by Gasteiger charge is -2.26. The molecule has 1 aromatic heterocycles. The van der Waals surface area contributed by atoms with Crippen LogP contribution in [0.2, 0.25) is 0 Å². The number of benzene rings is 1. The highest BCUT2D eigenvalue weighted by atomic mass is 32.1. The van der Waals surface area contributed by atoms with Crippen LogP contribution in [0.25, 0.3) is 12.2 Å². The van der Waals surface area contributed by atoms with Gasteiger partial charge in [-0.15, -0.1) is 11.3 Å². The summed E-state index contributed by atoms with van der Waals surface area (Å²) < 4.78 is 12.4. The molecule has 0 spiro atoms. The molecule has 7 nitrogen and oxygen atoms in total. The number of morpholine rings is 1. The van der Waals surface area contributed by atoms with Crippen LogP contribution in [-0.4, -0.2) is 54.3 Å². The van der Waals surface area contributed by atoms with Crippen molar-refractivity contribution in [1.29, 1.82) is 0 Å². The molecule has 8 heteroatoms. The zero-order chi connectivity index (χ0) is 19.9. The van der Waals surface area contributed by atoms with E-state index in [9.17, 15) is 14.4 Å². The highest BCUT2D eigenvalue weighted by Gasteiger charge is 2.19. The Bertz CT molecular complexity index is 1000. The number of nitrogens with zero attached hydrogens (tertiary/aromatic N) is 2. The Kier molecular flexibility index (Phi) is 6.78. The van der Waals surface area contributed by atoms with E-state index in [1.165, 1.54) is 22.0 Å². The van der Waals surface area contributed by atoms with Crippen LogP contribution in [0.4, 0.5) is 0 Å². The third kappa shape index (κ3) is 4.96. The van der Waals surface area contributed by atoms with Gasteiger partial charge in [-0.3, -0.25) is 14.2 Å². The largest absolute Gasteiger partial charge is 0.463 e. The van der Waals surface area contributed by atoms with Crippen LogP contribution in [-0.2, 0) is 25.6 Å². The molecule has 1 aliphatic heterocycles. The summed E-state index contributed by atoms with van der Waals surface area (Å²) in [5.74, 6) is -0.712. The number of hydrogen-bond donors (Lipinski definition) is 0. The monoisotopic (exact) mass is 402 g/mol. The number of hydrogen-bond acceptors (Lipinski definition) is 6. The van der Waals surface area contributed by atoms with Gasteiger partial charge in [-0.25, -0.2) is 4.79 Å². The van der Waals surface area contributed by atoms with Crippen LogP contribution < -0.4 is 14.8 Å². The van der Waals surface area contributed by atoms with Crippen molar-refractivity contribution in [2.24, 2.45) is 0 Å². The lowest BCUT2D eigenvalue weighted by Crippen LogP contribution is -2.45. The lowest BCUT2D eigenvalue weighted by molar-refractivity contribution is -0.136. The van der Waals surface area contributed by atoms with Crippen molar-refractivity contribution in [1.82, 2.24) is 9.47 Å². The molecule has 0 atom stereocenters. The van der Waals surface area contributed by atoms with E-state index < -0.39 is 5.97 Å². The number of thiazole rings is 1. The molecule has 2 heterocycles. The van der Waals surface area contributed by atoms with E-state index in [2.05, 4.69) is 0 Å². The van der Waals surface area contributed by atoms with Crippen LogP contribution in [0.3, 0.4) is 0 Å². The van der Waals surface area contributed by atoms with E-state index in [0.29, 0.717) is 35.5 Å². The summed E-state index contributed by atoms with van der Waals surface area (Å²) in [7, 11) is 0. The predicted octanol–water partition coefficient (Wildman–Crippen LogP) is -0.0590. The van der Waals surface area contributed by atoms with Gasteiger partial charge < -0.3 is 14.4 Å². The Labute approximate surface area is 166 Å². The normalized spacial score (nSPS) is 15.7. The fraction of sp³-hybridized carbons (Fsp3) is 0.350. The molecule has 0 unspecified atom stereocenters. The van der Waals surface area contributed by atoms with Crippen LogP contribution in [0, 0.1) is 0 Å². The summed E-state index contributed by atoms with van der Waals surface area (Å²) in [4.78, 5) is 39.1. The zero-order valence-corrected chi connectivity index (χ0v) is 16.4. The Morgan fingerprint density at radius 2 is 1.93 bits per heavy atom. The summed E-state index contributed by atoms with van der Waals surface area (Å²) in [5, 5.41) is 0. The van der Waals surface area contributed by atoms with Gasteiger partial charge in [0.05, 0.1) is 30.4 Å². The first-order chi connectivity index (χ1) is 13.6. The molecule has 0 radical (unpaired) electrons. The Hall–Kier alpha value is -2.71. The fourth-order valence-corrected chi connectivity index (χ4v) is 3.86. The second-order valence-electron chi connectivity index (χ2n) is 6.14. The molecule has 0 aliphatic carbocycles. The summed E-state index contributed by atoms with van der Waals surface area (Å²) in [5.41, 5.74) is 0.571. The second kappa shape index (κ2) is 9.48. The van der Waals surface area contributed by atoms with E-state index in [0.717, 1.165) is 5.56 Å². The molecule has 2 aromatic rings. The van der Waals surface area contributed by atoms with Gasteiger partial charge in [0.1, 0.15) is 11.2 Å². The van der Waals surface area contributed by atoms with E-state index in [4.69, 9.17) is 9.47 Å². The van der Waals surface area contributed by atoms with Crippen molar-refractivity contribution >= 4 is 35.4 Å². The average Bonchev–Trinajstić information content (AvgIpc) is 2.98. The van der Waals surface area contributed by atoms with Crippen LogP contribution in [0.1, 0.15) is 12.5 Å². The summed E-state index contributed by atoms with van der Waals surface area (Å²) in [6, 6.07) is 9.43. The van der Waals surface area contributed by atoms with Crippen LogP contribution in [0.15, 0.2) is 35.1 Å². The molecule has 1 fully saturated rings. The third-order valence-electron chi connectivity index (χ3n) is 4.22. The molecule has 1 aromatic carbocycles. The molecule has 148 valence electrons. The second-order valence-corrected chi connectivity index (χ2v) is 7.20. The van der Waals surface area contributed by atoms with Gasteiger partial charge in [0.2, 0.25) is 5.91 Å². The van der Waals surface area contributed by atoms with Crippen molar-refractivity contribution in [3.63, 3.8) is 0 Å². The van der Waals surface area contributed by atoms with Gasteiger partial charge in [-0.1, -0.05) is 30.3 Å². The van der Waals surface area contributed by atoms with Gasteiger partial charge in [0.25, 0.3) is 5.56 Å². The molecule has 1 saturated heterocycles. The van der Waals surface area contributed by atoms with Gasteiger partial charge in [-0.05, 0) is 18.6 Å². The van der Waals surface area contributed by atoms with E-state index in [1.54, 1.807) is 17.9 Å². The van der Waals surface area contributed by atoms with E-state index in [-0.39, 0.29) is 24.6 Å². The first-order valence-electron chi connectivity index (χ1n) is 9.09. The Morgan fingerprint density at radius 1 is 1.21 bits per heavy atom. The highest BCUT2D eigenvalue weighted by Crippen LogP contribution is 2.00. The molecule has 0 saturated carbocycles. The maximum Gasteiger partial charge on any atom is 0.333 e. The molecule has 1 amide bonds. The number of ether oxygens (including phenoxy) is 2. The van der Waals surface area contributed by atoms with Crippen molar-refractivity contribution in [2.45, 2.75) is 13.5 Å². The SMILES string of the molecule is CCOC(=O)/C=c1\s/c(=C\c2ccccc2)c(=O)n1CC(=O)N1CCOCC1. The predicted molar refractivity (Wildman–Crippen MR) is 106 cm³/mol. The number of esters is 1. The van der Waals surface area contributed by atoms with Gasteiger partial charge >= 0.3 is 5.97 Å². The van der Waals surface area contributed by atoms with Crippen LogP contribution in [0.5, 0.6) is 0 Å². The number of amides is 1. The van der Waals surface area contributed by atoms with Crippen molar-refractivity contribution in [2.75, 3.05) is 32.9 Å². The average molecular weight is 402 g/mol. The van der Waals surface area contributed by atoms with Crippen LogP contribution >= 0.6 is 11.3 Å². The summed E-state index contributed by atoms with van der Waals surface area (Å²) in [6.45, 7) is 3.79. The van der Waals surface area contributed by atoms with Gasteiger partial charge in [-0.2, -0.15) is 0 Å². The van der Waals surface area contributed by atoms with E-state index >= 15 is 0 Å². The molecular weight excluding hydrogens is 380 g/mol. The quantitative estimate of drug-likeness (QED) is 0.655.